The highest BCUT2D eigenvalue weighted by Gasteiger charge is 2.23. The van der Waals surface area contributed by atoms with Gasteiger partial charge in [0.2, 0.25) is 0 Å². The highest BCUT2D eigenvalue weighted by Crippen LogP contribution is 2.29. The summed E-state index contributed by atoms with van der Waals surface area (Å²) in [6.07, 6.45) is 7.19. The second-order valence-electron chi connectivity index (χ2n) is 7.10. The Hall–Kier alpha value is -0.0800. The molecule has 0 spiro atoms. The van der Waals surface area contributed by atoms with Gasteiger partial charge >= 0.3 is 0 Å². The molecule has 2 rings (SSSR count). The standard InChI is InChI=1S/C16H32N2/c1-13-5-4-6-16(9-13)12-18-8-7-15(3)17-10-14(2)11-18/h13-17H,4-12H2,1-3H3. The first kappa shape index (κ1) is 14.3. The quantitative estimate of drug-likeness (QED) is 0.812. The molecule has 2 aliphatic rings. The Bertz CT molecular complexity index is 241. The van der Waals surface area contributed by atoms with E-state index in [0.29, 0.717) is 6.04 Å². The van der Waals surface area contributed by atoms with Crippen molar-refractivity contribution in [2.24, 2.45) is 17.8 Å². The highest BCUT2D eigenvalue weighted by molar-refractivity contribution is 4.78. The Balaban J connectivity index is 1.82. The van der Waals surface area contributed by atoms with Crippen molar-refractivity contribution in [2.75, 3.05) is 26.2 Å². The van der Waals surface area contributed by atoms with Crippen molar-refractivity contribution in [2.45, 2.75) is 58.9 Å². The van der Waals surface area contributed by atoms with E-state index in [4.69, 9.17) is 0 Å². The second kappa shape index (κ2) is 6.91. The average Bonchev–Trinajstić information content (AvgIpc) is 2.32. The second-order valence-corrected chi connectivity index (χ2v) is 7.10. The van der Waals surface area contributed by atoms with Crippen molar-refractivity contribution in [1.82, 2.24) is 10.2 Å². The summed E-state index contributed by atoms with van der Waals surface area (Å²) in [4.78, 5) is 2.75. The summed E-state index contributed by atoms with van der Waals surface area (Å²) < 4.78 is 0. The molecule has 1 heterocycles. The predicted molar refractivity (Wildman–Crippen MR) is 78.8 cm³/mol. The van der Waals surface area contributed by atoms with Gasteiger partial charge < -0.3 is 10.2 Å². The zero-order chi connectivity index (χ0) is 13.0. The number of nitrogens with one attached hydrogen (secondary N) is 1. The minimum absolute atomic E-state index is 0.695. The molecule has 2 fully saturated rings. The maximum absolute atomic E-state index is 3.64. The van der Waals surface area contributed by atoms with Crippen LogP contribution in [0.25, 0.3) is 0 Å². The van der Waals surface area contributed by atoms with Crippen LogP contribution in [0.15, 0.2) is 0 Å². The average molecular weight is 252 g/mol. The largest absolute Gasteiger partial charge is 0.314 e. The maximum Gasteiger partial charge on any atom is 0.00510 e. The molecule has 1 saturated carbocycles. The molecule has 0 radical (unpaired) electrons. The van der Waals surface area contributed by atoms with E-state index >= 15 is 0 Å². The first-order valence-electron chi connectivity index (χ1n) is 8.09. The van der Waals surface area contributed by atoms with Gasteiger partial charge in [-0.1, -0.05) is 26.7 Å². The van der Waals surface area contributed by atoms with Gasteiger partial charge in [-0.05, 0) is 57.0 Å². The van der Waals surface area contributed by atoms with Crippen molar-refractivity contribution in [1.29, 1.82) is 0 Å². The molecule has 4 unspecified atom stereocenters. The molecule has 2 nitrogen and oxygen atoms in total. The van der Waals surface area contributed by atoms with Gasteiger partial charge in [-0.25, -0.2) is 0 Å². The number of hydrogen-bond donors (Lipinski definition) is 1. The fourth-order valence-electron chi connectivity index (χ4n) is 3.73. The Kier molecular flexibility index (Phi) is 5.50. The van der Waals surface area contributed by atoms with Gasteiger partial charge in [-0.15, -0.1) is 0 Å². The lowest BCUT2D eigenvalue weighted by molar-refractivity contribution is 0.147. The van der Waals surface area contributed by atoms with E-state index in [1.807, 2.05) is 0 Å². The molecule has 0 aromatic carbocycles. The number of hydrogen-bond acceptors (Lipinski definition) is 2. The van der Waals surface area contributed by atoms with Crippen LogP contribution in [0.2, 0.25) is 0 Å². The summed E-state index contributed by atoms with van der Waals surface area (Å²) in [7, 11) is 0. The zero-order valence-corrected chi connectivity index (χ0v) is 12.6. The lowest BCUT2D eigenvalue weighted by Crippen LogP contribution is -2.44. The SMILES string of the molecule is CC1CCCC(CN2CCC(C)NCC(C)C2)C1. The monoisotopic (exact) mass is 252 g/mol. The van der Waals surface area contributed by atoms with Crippen LogP contribution in [0, 0.1) is 17.8 Å². The summed E-state index contributed by atoms with van der Waals surface area (Å²) >= 11 is 0. The minimum Gasteiger partial charge on any atom is -0.314 e. The molecule has 18 heavy (non-hydrogen) atoms. The first-order chi connectivity index (χ1) is 8.63. The molecule has 0 amide bonds. The Morgan fingerprint density at radius 3 is 2.67 bits per heavy atom. The third-order valence-corrected chi connectivity index (χ3v) is 4.82. The van der Waals surface area contributed by atoms with Crippen LogP contribution in [0.4, 0.5) is 0 Å². The van der Waals surface area contributed by atoms with Crippen LogP contribution in [0.1, 0.15) is 52.9 Å². The van der Waals surface area contributed by atoms with E-state index in [9.17, 15) is 0 Å². The highest BCUT2D eigenvalue weighted by atomic mass is 15.1. The number of rotatable bonds is 2. The van der Waals surface area contributed by atoms with Crippen LogP contribution in [0.5, 0.6) is 0 Å². The third-order valence-electron chi connectivity index (χ3n) is 4.82. The van der Waals surface area contributed by atoms with Gasteiger partial charge in [0, 0.05) is 19.1 Å². The molecule has 1 N–H and O–H groups in total. The Morgan fingerprint density at radius 1 is 1.06 bits per heavy atom. The third kappa shape index (κ3) is 4.55. The van der Waals surface area contributed by atoms with Crippen molar-refractivity contribution >= 4 is 0 Å². The van der Waals surface area contributed by atoms with Gasteiger partial charge in [0.15, 0.2) is 0 Å². The molecular formula is C16H32N2. The minimum atomic E-state index is 0.695. The van der Waals surface area contributed by atoms with Gasteiger partial charge in [0.25, 0.3) is 0 Å². The van der Waals surface area contributed by atoms with Gasteiger partial charge in [0.1, 0.15) is 0 Å². The Labute approximate surface area is 114 Å². The topological polar surface area (TPSA) is 15.3 Å². The zero-order valence-electron chi connectivity index (χ0n) is 12.6. The summed E-state index contributed by atoms with van der Waals surface area (Å²) in [5.74, 6) is 2.74. The molecule has 1 aliphatic carbocycles. The summed E-state index contributed by atoms with van der Waals surface area (Å²) in [5, 5.41) is 3.64. The van der Waals surface area contributed by atoms with Crippen LogP contribution in [-0.2, 0) is 0 Å². The van der Waals surface area contributed by atoms with Gasteiger partial charge in [-0.3, -0.25) is 0 Å². The van der Waals surface area contributed by atoms with Gasteiger partial charge in [0.05, 0.1) is 0 Å². The molecule has 0 bridgehead atoms. The van der Waals surface area contributed by atoms with Crippen LogP contribution in [-0.4, -0.2) is 37.1 Å². The maximum atomic E-state index is 3.64. The lowest BCUT2D eigenvalue weighted by Gasteiger charge is -2.35. The number of nitrogens with zero attached hydrogens (tertiary/aromatic N) is 1. The van der Waals surface area contributed by atoms with E-state index in [0.717, 1.165) is 17.8 Å². The summed E-state index contributed by atoms with van der Waals surface area (Å²) in [6.45, 7) is 12.3. The van der Waals surface area contributed by atoms with E-state index in [-0.39, 0.29) is 0 Å². The fraction of sp³-hybridized carbons (Fsp3) is 1.00. The van der Waals surface area contributed by atoms with Crippen LogP contribution >= 0.6 is 0 Å². The molecule has 0 aromatic heterocycles. The van der Waals surface area contributed by atoms with Gasteiger partial charge in [-0.2, -0.15) is 0 Å². The van der Waals surface area contributed by atoms with E-state index in [2.05, 4.69) is 31.0 Å². The summed E-state index contributed by atoms with van der Waals surface area (Å²) in [5.41, 5.74) is 0. The molecule has 1 saturated heterocycles. The van der Waals surface area contributed by atoms with E-state index < -0.39 is 0 Å². The Morgan fingerprint density at radius 2 is 1.89 bits per heavy atom. The molecule has 0 aromatic rings. The van der Waals surface area contributed by atoms with E-state index in [1.165, 1.54) is 58.3 Å². The van der Waals surface area contributed by atoms with Crippen molar-refractivity contribution in [3.8, 4) is 0 Å². The molecular weight excluding hydrogens is 220 g/mol. The van der Waals surface area contributed by atoms with E-state index in [1.54, 1.807) is 0 Å². The van der Waals surface area contributed by atoms with Crippen molar-refractivity contribution in [3.63, 3.8) is 0 Å². The van der Waals surface area contributed by atoms with Crippen molar-refractivity contribution in [3.05, 3.63) is 0 Å². The first-order valence-corrected chi connectivity index (χ1v) is 8.09. The molecule has 106 valence electrons. The lowest BCUT2D eigenvalue weighted by atomic mass is 9.82. The normalized spacial score (nSPS) is 40.2. The molecule has 2 heteroatoms. The predicted octanol–water partition coefficient (Wildman–Crippen LogP) is 3.13. The summed E-state index contributed by atoms with van der Waals surface area (Å²) in [6, 6.07) is 0.695. The van der Waals surface area contributed by atoms with Crippen LogP contribution < -0.4 is 5.32 Å². The molecule has 4 atom stereocenters. The smallest absolute Gasteiger partial charge is 0.00510 e. The molecule has 1 aliphatic heterocycles. The van der Waals surface area contributed by atoms with Crippen LogP contribution in [0.3, 0.4) is 0 Å². The fourth-order valence-corrected chi connectivity index (χ4v) is 3.73. The van der Waals surface area contributed by atoms with Crippen molar-refractivity contribution < 1.29 is 0 Å².